The highest BCUT2D eigenvalue weighted by Gasteiger charge is 2.33. The van der Waals surface area contributed by atoms with Crippen LogP contribution < -0.4 is 5.32 Å². The maximum Gasteiger partial charge on any atom is 0.243 e. The quantitative estimate of drug-likeness (QED) is 0.687. The van der Waals surface area contributed by atoms with Gasteiger partial charge in [0.15, 0.2) is 0 Å². The number of sulfonamides is 1. The van der Waals surface area contributed by atoms with Crippen LogP contribution in [0.5, 0.6) is 0 Å². The molecule has 1 aliphatic rings. The van der Waals surface area contributed by atoms with Crippen molar-refractivity contribution >= 4 is 21.6 Å². The molecular weight excluding hydrogens is 422 g/mol. The normalized spacial score (nSPS) is 15.8. The maximum absolute atomic E-state index is 13.3. The summed E-state index contributed by atoms with van der Waals surface area (Å²) in [6, 6.07) is 11.8. The fourth-order valence-electron chi connectivity index (χ4n) is 4.41. The van der Waals surface area contributed by atoms with Gasteiger partial charge < -0.3 is 10.2 Å². The van der Waals surface area contributed by atoms with Gasteiger partial charge in [-0.2, -0.15) is 4.31 Å². The van der Waals surface area contributed by atoms with Gasteiger partial charge in [-0.05, 0) is 83.0 Å². The number of anilines is 1. The van der Waals surface area contributed by atoms with E-state index in [2.05, 4.69) is 10.2 Å². The molecule has 6 nitrogen and oxygen atoms in total. The third-order valence-corrected chi connectivity index (χ3v) is 8.30. The first-order valence-electron chi connectivity index (χ1n) is 11.2. The van der Waals surface area contributed by atoms with Crippen molar-refractivity contribution in [3.05, 3.63) is 58.7 Å². The Morgan fingerprint density at radius 3 is 2.12 bits per heavy atom. The highest BCUT2D eigenvalue weighted by molar-refractivity contribution is 7.89. The summed E-state index contributed by atoms with van der Waals surface area (Å²) >= 11 is 0. The number of carbonyl (C=O) groups excluding carboxylic acids is 1. The van der Waals surface area contributed by atoms with Gasteiger partial charge in [-0.3, -0.25) is 4.79 Å². The van der Waals surface area contributed by atoms with Gasteiger partial charge in [0.1, 0.15) is 0 Å². The molecule has 2 aromatic carbocycles. The molecule has 1 aliphatic heterocycles. The Morgan fingerprint density at radius 2 is 1.59 bits per heavy atom. The van der Waals surface area contributed by atoms with E-state index in [0.29, 0.717) is 30.8 Å². The van der Waals surface area contributed by atoms with Crippen LogP contribution in [0.4, 0.5) is 5.69 Å². The van der Waals surface area contributed by atoms with E-state index in [1.165, 1.54) is 9.87 Å². The number of piperidine rings is 1. The van der Waals surface area contributed by atoms with Gasteiger partial charge in [0.25, 0.3) is 0 Å². The fraction of sp³-hybridized carbons (Fsp3) is 0.480. The van der Waals surface area contributed by atoms with Gasteiger partial charge in [0.05, 0.1) is 4.90 Å². The van der Waals surface area contributed by atoms with Gasteiger partial charge in [-0.15, -0.1) is 0 Å². The van der Waals surface area contributed by atoms with E-state index >= 15 is 0 Å². The van der Waals surface area contributed by atoms with Crippen molar-refractivity contribution < 1.29 is 13.2 Å². The van der Waals surface area contributed by atoms with Crippen molar-refractivity contribution in [1.29, 1.82) is 0 Å². The van der Waals surface area contributed by atoms with Crippen molar-refractivity contribution in [3.63, 3.8) is 0 Å². The molecule has 32 heavy (non-hydrogen) atoms. The minimum absolute atomic E-state index is 0.0363. The molecule has 0 aliphatic carbocycles. The molecule has 0 spiro atoms. The maximum atomic E-state index is 13.3. The second-order valence-electron chi connectivity index (χ2n) is 9.15. The molecule has 0 aromatic heterocycles. The topological polar surface area (TPSA) is 69.7 Å². The van der Waals surface area contributed by atoms with Crippen molar-refractivity contribution in [2.24, 2.45) is 5.92 Å². The van der Waals surface area contributed by atoms with Crippen molar-refractivity contribution in [2.45, 2.75) is 44.9 Å². The summed E-state index contributed by atoms with van der Waals surface area (Å²) in [6.07, 6.45) is 2.01. The molecule has 0 saturated carbocycles. The third kappa shape index (κ3) is 5.77. The van der Waals surface area contributed by atoms with Crippen LogP contribution in [0.1, 0.15) is 35.1 Å². The predicted octanol–water partition coefficient (Wildman–Crippen LogP) is 3.76. The summed E-state index contributed by atoms with van der Waals surface area (Å²) in [4.78, 5) is 15.3. The molecule has 0 atom stereocenters. The van der Waals surface area contributed by atoms with Crippen LogP contribution >= 0.6 is 0 Å². The second kappa shape index (κ2) is 10.1. The molecule has 1 saturated heterocycles. The minimum Gasteiger partial charge on any atom is -0.326 e. The standard InChI is InChI=1S/C25H35N3O3S/c1-18-16-19(2)24(20(3)17-18)32(30,31)28-14-11-22(12-15-28)25(29)26-23-8-6-21(7-9-23)10-13-27(4)5/h6-9,16-17,22H,10-15H2,1-5H3,(H,26,29). The number of amides is 1. The highest BCUT2D eigenvalue weighted by Crippen LogP contribution is 2.29. The molecule has 7 heteroatoms. The van der Waals surface area contributed by atoms with Crippen molar-refractivity contribution in [3.8, 4) is 0 Å². The third-order valence-electron chi connectivity index (χ3n) is 6.10. The van der Waals surface area contributed by atoms with E-state index in [1.807, 2.05) is 71.3 Å². The molecule has 1 amide bonds. The van der Waals surface area contributed by atoms with E-state index in [4.69, 9.17) is 0 Å². The van der Waals surface area contributed by atoms with Gasteiger partial charge in [0, 0.05) is 31.2 Å². The lowest BCUT2D eigenvalue weighted by Crippen LogP contribution is -2.41. The van der Waals surface area contributed by atoms with Crippen LogP contribution in [-0.4, -0.2) is 57.3 Å². The first kappa shape index (κ1) is 24.4. The van der Waals surface area contributed by atoms with Crippen molar-refractivity contribution in [1.82, 2.24) is 9.21 Å². The van der Waals surface area contributed by atoms with E-state index in [1.54, 1.807) is 0 Å². The Labute approximate surface area is 192 Å². The van der Waals surface area contributed by atoms with Crippen LogP contribution in [-0.2, 0) is 21.2 Å². The Morgan fingerprint density at radius 1 is 1.03 bits per heavy atom. The first-order valence-corrected chi connectivity index (χ1v) is 12.6. The summed E-state index contributed by atoms with van der Waals surface area (Å²) in [5.41, 5.74) is 4.62. The number of benzene rings is 2. The van der Waals surface area contributed by atoms with Crippen LogP contribution in [0.3, 0.4) is 0 Å². The van der Waals surface area contributed by atoms with Gasteiger partial charge in [-0.1, -0.05) is 29.8 Å². The number of hydrogen-bond donors (Lipinski definition) is 1. The summed E-state index contributed by atoms with van der Waals surface area (Å²) in [5, 5.41) is 3.00. The van der Waals surface area contributed by atoms with Crippen LogP contribution in [0.15, 0.2) is 41.3 Å². The highest BCUT2D eigenvalue weighted by atomic mass is 32.2. The number of nitrogens with zero attached hydrogens (tertiary/aromatic N) is 2. The smallest absolute Gasteiger partial charge is 0.243 e. The average molecular weight is 458 g/mol. The fourth-order valence-corrected chi connectivity index (χ4v) is 6.29. The number of aryl methyl sites for hydroxylation is 3. The minimum atomic E-state index is -3.57. The number of nitrogens with one attached hydrogen (secondary N) is 1. The molecule has 0 bridgehead atoms. The zero-order valence-corrected chi connectivity index (χ0v) is 20.6. The first-order chi connectivity index (χ1) is 15.1. The summed E-state index contributed by atoms with van der Waals surface area (Å²) < 4.78 is 28.0. The SMILES string of the molecule is Cc1cc(C)c(S(=O)(=O)N2CCC(C(=O)Nc3ccc(CCN(C)C)cc3)CC2)c(C)c1. The monoisotopic (exact) mass is 457 g/mol. The second-order valence-corrected chi connectivity index (χ2v) is 11.0. The molecule has 3 rings (SSSR count). The average Bonchev–Trinajstić information content (AvgIpc) is 2.72. The largest absolute Gasteiger partial charge is 0.326 e. The van der Waals surface area contributed by atoms with Crippen LogP contribution in [0, 0.1) is 26.7 Å². The van der Waals surface area contributed by atoms with E-state index < -0.39 is 10.0 Å². The Kier molecular flexibility index (Phi) is 7.75. The van der Waals surface area contributed by atoms with Gasteiger partial charge in [-0.25, -0.2) is 8.42 Å². The molecular formula is C25H35N3O3S. The van der Waals surface area contributed by atoms with Gasteiger partial charge >= 0.3 is 0 Å². The van der Waals surface area contributed by atoms with E-state index in [-0.39, 0.29) is 11.8 Å². The Hall–Kier alpha value is -2.22. The summed E-state index contributed by atoms with van der Waals surface area (Å²) in [5.74, 6) is -0.221. The van der Waals surface area contributed by atoms with Crippen LogP contribution in [0.2, 0.25) is 0 Å². The van der Waals surface area contributed by atoms with E-state index in [9.17, 15) is 13.2 Å². The lowest BCUT2D eigenvalue weighted by Gasteiger charge is -2.31. The predicted molar refractivity (Wildman–Crippen MR) is 129 cm³/mol. The Balaban J connectivity index is 1.59. The molecule has 1 fully saturated rings. The van der Waals surface area contributed by atoms with Gasteiger partial charge in [0.2, 0.25) is 15.9 Å². The van der Waals surface area contributed by atoms with E-state index in [0.717, 1.165) is 35.3 Å². The molecule has 174 valence electrons. The summed E-state index contributed by atoms with van der Waals surface area (Å²) in [6.45, 7) is 7.36. The lowest BCUT2D eigenvalue weighted by molar-refractivity contribution is -0.120. The molecule has 0 unspecified atom stereocenters. The molecule has 0 radical (unpaired) electrons. The molecule has 2 aromatic rings. The summed E-state index contributed by atoms with van der Waals surface area (Å²) in [7, 11) is 0.533. The van der Waals surface area contributed by atoms with Crippen molar-refractivity contribution in [2.75, 3.05) is 39.0 Å². The number of carbonyl (C=O) groups is 1. The number of likely N-dealkylation sites (N-methyl/N-ethyl adjacent to an activating group) is 1. The number of hydrogen-bond acceptors (Lipinski definition) is 4. The Bertz CT molecular complexity index is 1030. The zero-order valence-electron chi connectivity index (χ0n) is 19.8. The number of rotatable bonds is 7. The zero-order chi connectivity index (χ0) is 23.5. The van der Waals surface area contributed by atoms with Crippen LogP contribution in [0.25, 0.3) is 0 Å². The lowest BCUT2D eigenvalue weighted by atomic mass is 9.97. The molecule has 1 N–H and O–H groups in total. The molecule has 1 heterocycles.